The number of hydrogen-bond donors (Lipinski definition) is 3. The Bertz CT molecular complexity index is 1020. The molecule has 31 heavy (non-hydrogen) atoms. The number of furan rings is 1. The number of aromatic nitrogens is 1. The number of aliphatic imine (C=N–C) groups is 1. The number of oxazole rings is 1. The molecule has 164 valence electrons. The molecule has 1 aromatic carbocycles. The van der Waals surface area contributed by atoms with Crippen LogP contribution in [0.2, 0.25) is 0 Å². The first kappa shape index (κ1) is 22.1. The maximum Gasteiger partial charge on any atom is 0.291 e. The van der Waals surface area contributed by atoms with E-state index in [1.54, 1.807) is 18.3 Å². The Kier molecular flexibility index (Phi) is 7.12. The van der Waals surface area contributed by atoms with Gasteiger partial charge in [0.15, 0.2) is 11.7 Å². The highest BCUT2D eigenvalue weighted by Crippen LogP contribution is 2.22. The Morgan fingerprint density at radius 2 is 2.00 bits per heavy atom. The zero-order chi connectivity index (χ0) is 22.3. The summed E-state index contributed by atoms with van der Waals surface area (Å²) in [6.45, 7) is 9.86. The van der Waals surface area contributed by atoms with Crippen LogP contribution < -0.4 is 16.0 Å². The van der Waals surface area contributed by atoms with Crippen molar-refractivity contribution in [2.75, 3.05) is 11.9 Å². The van der Waals surface area contributed by atoms with E-state index < -0.39 is 0 Å². The molecule has 0 saturated carbocycles. The summed E-state index contributed by atoms with van der Waals surface area (Å²) in [5, 5.41) is 9.28. The zero-order valence-electron chi connectivity index (χ0n) is 18.4. The minimum absolute atomic E-state index is 0.0821. The molecule has 3 N–H and O–H groups in total. The zero-order valence-corrected chi connectivity index (χ0v) is 18.4. The fraction of sp³-hybridized carbons (Fsp3) is 0.348. The van der Waals surface area contributed by atoms with Crippen LogP contribution in [-0.4, -0.2) is 23.4 Å². The molecule has 0 aliphatic carbocycles. The minimum Gasteiger partial charge on any atom is -0.459 e. The van der Waals surface area contributed by atoms with Gasteiger partial charge < -0.3 is 24.8 Å². The molecule has 0 bridgehead atoms. The van der Waals surface area contributed by atoms with Gasteiger partial charge in [-0.3, -0.25) is 4.79 Å². The fourth-order valence-corrected chi connectivity index (χ4v) is 2.76. The van der Waals surface area contributed by atoms with Crippen LogP contribution in [0.3, 0.4) is 0 Å². The minimum atomic E-state index is -0.291. The summed E-state index contributed by atoms with van der Waals surface area (Å²) in [5.41, 5.74) is 1.56. The number of guanidine groups is 1. The SMILES string of the molecule is CCNC(=NCc1cccc(NC(=O)c2ccco2)c1)NCc1ncc(C(C)(C)C)o1. The summed E-state index contributed by atoms with van der Waals surface area (Å²) < 4.78 is 10.9. The van der Waals surface area contributed by atoms with Gasteiger partial charge in [0.2, 0.25) is 5.89 Å². The lowest BCUT2D eigenvalue weighted by Crippen LogP contribution is -2.36. The summed E-state index contributed by atoms with van der Waals surface area (Å²) in [6, 6.07) is 10.8. The van der Waals surface area contributed by atoms with Crippen molar-refractivity contribution < 1.29 is 13.6 Å². The van der Waals surface area contributed by atoms with Gasteiger partial charge in [-0.25, -0.2) is 9.98 Å². The number of carbonyl (C=O) groups excluding carboxylic acids is 1. The van der Waals surface area contributed by atoms with E-state index in [2.05, 4.69) is 46.7 Å². The lowest BCUT2D eigenvalue weighted by Gasteiger charge is -2.13. The maximum absolute atomic E-state index is 12.2. The molecule has 8 nitrogen and oxygen atoms in total. The average Bonchev–Trinajstić information content (AvgIpc) is 3.42. The molecule has 3 aromatic rings. The predicted molar refractivity (Wildman–Crippen MR) is 120 cm³/mol. The lowest BCUT2D eigenvalue weighted by atomic mass is 9.94. The van der Waals surface area contributed by atoms with E-state index in [-0.39, 0.29) is 17.1 Å². The van der Waals surface area contributed by atoms with Crippen LogP contribution in [0, 0.1) is 0 Å². The molecule has 0 aliphatic rings. The maximum atomic E-state index is 12.2. The molecule has 0 spiro atoms. The summed E-state index contributed by atoms with van der Waals surface area (Å²) in [7, 11) is 0. The predicted octanol–water partition coefficient (Wildman–Crippen LogP) is 4.07. The van der Waals surface area contributed by atoms with E-state index in [0.29, 0.717) is 30.6 Å². The Hall–Kier alpha value is -3.55. The third kappa shape index (κ3) is 6.47. The molecule has 0 radical (unpaired) electrons. The molecule has 8 heteroatoms. The van der Waals surface area contributed by atoms with Crippen molar-refractivity contribution in [3.63, 3.8) is 0 Å². The molecule has 0 fully saturated rings. The summed E-state index contributed by atoms with van der Waals surface area (Å²) >= 11 is 0. The molecule has 3 rings (SSSR count). The van der Waals surface area contributed by atoms with E-state index in [4.69, 9.17) is 8.83 Å². The van der Waals surface area contributed by atoms with Crippen molar-refractivity contribution in [1.29, 1.82) is 0 Å². The largest absolute Gasteiger partial charge is 0.459 e. The Morgan fingerprint density at radius 1 is 1.16 bits per heavy atom. The Morgan fingerprint density at radius 3 is 2.68 bits per heavy atom. The van der Waals surface area contributed by atoms with E-state index in [9.17, 15) is 4.79 Å². The van der Waals surface area contributed by atoms with Gasteiger partial charge in [0.1, 0.15) is 5.76 Å². The molecule has 2 aromatic heterocycles. The average molecular weight is 424 g/mol. The van der Waals surface area contributed by atoms with Crippen LogP contribution >= 0.6 is 0 Å². The molecule has 2 heterocycles. The van der Waals surface area contributed by atoms with Crippen LogP contribution in [0.1, 0.15) is 55.5 Å². The number of nitrogens with zero attached hydrogens (tertiary/aromatic N) is 2. The topological polar surface area (TPSA) is 105 Å². The van der Waals surface area contributed by atoms with Gasteiger partial charge in [-0.1, -0.05) is 32.9 Å². The standard InChI is InChI=1S/C23H29N5O3/c1-5-24-22(27-15-20-25-14-19(31-20)23(2,3)4)26-13-16-8-6-9-17(12-16)28-21(29)18-10-7-11-30-18/h6-12,14H,5,13,15H2,1-4H3,(H,28,29)(H2,24,26,27). The molecule has 0 aliphatic heterocycles. The van der Waals surface area contributed by atoms with Crippen LogP contribution in [-0.2, 0) is 18.5 Å². The second-order valence-corrected chi connectivity index (χ2v) is 8.05. The third-order valence-electron chi connectivity index (χ3n) is 4.39. The first-order valence-electron chi connectivity index (χ1n) is 10.3. The van der Waals surface area contributed by atoms with Crippen molar-refractivity contribution in [3.8, 4) is 0 Å². The number of benzene rings is 1. The summed E-state index contributed by atoms with van der Waals surface area (Å²) in [5.74, 6) is 2.09. The van der Waals surface area contributed by atoms with Crippen LogP contribution in [0.4, 0.5) is 5.69 Å². The van der Waals surface area contributed by atoms with E-state index >= 15 is 0 Å². The van der Waals surface area contributed by atoms with Crippen LogP contribution in [0.25, 0.3) is 0 Å². The van der Waals surface area contributed by atoms with Gasteiger partial charge in [0.05, 0.1) is 25.5 Å². The lowest BCUT2D eigenvalue weighted by molar-refractivity contribution is 0.0996. The molecule has 0 atom stereocenters. The third-order valence-corrected chi connectivity index (χ3v) is 4.39. The first-order valence-corrected chi connectivity index (χ1v) is 10.3. The Balaban J connectivity index is 1.61. The highest BCUT2D eigenvalue weighted by atomic mass is 16.4. The van der Waals surface area contributed by atoms with E-state index in [0.717, 1.165) is 17.9 Å². The molecule has 1 amide bonds. The van der Waals surface area contributed by atoms with Crippen molar-refractivity contribution >= 4 is 17.6 Å². The molecule has 0 saturated heterocycles. The van der Waals surface area contributed by atoms with Crippen molar-refractivity contribution in [2.45, 2.75) is 46.2 Å². The summed E-state index contributed by atoms with van der Waals surface area (Å²) in [4.78, 5) is 21.1. The number of amides is 1. The monoisotopic (exact) mass is 423 g/mol. The van der Waals surface area contributed by atoms with Crippen LogP contribution in [0.5, 0.6) is 0 Å². The number of anilines is 1. The highest BCUT2D eigenvalue weighted by molar-refractivity contribution is 6.02. The van der Waals surface area contributed by atoms with Gasteiger partial charge in [-0.05, 0) is 36.8 Å². The van der Waals surface area contributed by atoms with E-state index in [1.807, 2.05) is 31.2 Å². The van der Waals surface area contributed by atoms with Gasteiger partial charge >= 0.3 is 0 Å². The molecular weight excluding hydrogens is 394 g/mol. The smallest absolute Gasteiger partial charge is 0.291 e. The van der Waals surface area contributed by atoms with Gasteiger partial charge in [0.25, 0.3) is 5.91 Å². The van der Waals surface area contributed by atoms with Crippen molar-refractivity contribution in [3.05, 3.63) is 71.8 Å². The first-order chi connectivity index (χ1) is 14.8. The number of rotatable bonds is 7. The second-order valence-electron chi connectivity index (χ2n) is 8.05. The van der Waals surface area contributed by atoms with Gasteiger partial charge in [0, 0.05) is 17.6 Å². The fourth-order valence-electron chi connectivity index (χ4n) is 2.76. The normalized spacial score (nSPS) is 11.9. The van der Waals surface area contributed by atoms with E-state index in [1.165, 1.54) is 6.26 Å². The highest BCUT2D eigenvalue weighted by Gasteiger charge is 2.19. The molecular formula is C23H29N5O3. The Labute approximate surface area is 182 Å². The van der Waals surface area contributed by atoms with Crippen molar-refractivity contribution in [2.24, 2.45) is 4.99 Å². The van der Waals surface area contributed by atoms with Crippen molar-refractivity contribution in [1.82, 2.24) is 15.6 Å². The number of carbonyl (C=O) groups is 1. The number of hydrogen-bond acceptors (Lipinski definition) is 5. The quantitative estimate of drug-likeness (QED) is 0.391. The molecule has 0 unspecified atom stereocenters. The summed E-state index contributed by atoms with van der Waals surface area (Å²) in [6.07, 6.45) is 3.24. The van der Waals surface area contributed by atoms with Gasteiger partial charge in [-0.2, -0.15) is 0 Å². The van der Waals surface area contributed by atoms with Crippen LogP contribution in [0.15, 0.2) is 62.7 Å². The second kappa shape index (κ2) is 9.97. The number of nitrogens with one attached hydrogen (secondary N) is 3. The van der Waals surface area contributed by atoms with Gasteiger partial charge in [-0.15, -0.1) is 0 Å².